The fraction of sp³-hybridized carbons (Fsp3) is 0.500. The molecule has 1 aromatic carbocycles. The molecule has 0 aromatic heterocycles. The first-order chi connectivity index (χ1) is 9.66. The Balaban J connectivity index is 2.98. The third-order valence-corrected chi connectivity index (χ3v) is 3.61. The first-order valence-corrected chi connectivity index (χ1v) is 7.51. The van der Waals surface area contributed by atoms with Crippen molar-refractivity contribution in [2.75, 3.05) is 5.33 Å². The van der Waals surface area contributed by atoms with Crippen LogP contribution in [-0.4, -0.2) is 17.3 Å². The van der Waals surface area contributed by atoms with Crippen LogP contribution in [-0.2, 0) is 6.18 Å². The largest absolute Gasteiger partial charge is 0.419 e. The molecular formula is C14H16BrF4NO. The van der Waals surface area contributed by atoms with Gasteiger partial charge in [-0.25, -0.2) is 4.39 Å². The second-order valence-electron chi connectivity index (χ2n) is 5.12. The van der Waals surface area contributed by atoms with Gasteiger partial charge in [0.25, 0.3) is 5.91 Å². The van der Waals surface area contributed by atoms with Crippen molar-refractivity contribution >= 4 is 21.8 Å². The number of hydrogen-bond donors (Lipinski definition) is 1. The van der Waals surface area contributed by atoms with Crippen LogP contribution in [0.25, 0.3) is 0 Å². The Morgan fingerprint density at radius 3 is 2.43 bits per heavy atom. The summed E-state index contributed by atoms with van der Waals surface area (Å²) in [6, 6.07) is 2.40. The lowest BCUT2D eigenvalue weighted by Gasteiger charge is -2.19. The van der Waals surface area contributed by atoms with E-state index in [0.29, 0.717) is 23.7 Å². The summed E-state index contributed by atoms with van der Waals surface area (Å²) in [7, 11) is 0. The fourth-order valence-electron chi connectivity index (χ4n) is 1.92. The van der Waals surface area contributed by atoms with Crippen molar-refractivity contribution in [2.24, 2.45) is 5.92 Å². The van der Waals surface area contributed by atoms with E-state index in [1.54, 1.807) is 0 Å². The molecule has 1 unspecified atom stereocenters. The van der Waals surface area contributed by atoms with Gasteiger partial charge in [-0.2, -0.15) is 13.2 Å². The van der Waals surface area contributed by atoms with Crippen LogP contribution in [0.15, 0.2) is 18.2 Å². The van der Waals surface area contributed by atoms with Crippen molar-refractivity contribution in [3.8, 4) is 0 Å². The van der Waals surface area contributed by atoms with Gasteiger partial charge in [0.15, 0.2) is 0 Å². The Hall–Kier alpha value is -1.11. The van der Waals surface area contributed by atoms with Crippen LogP contribution >= 0.6 is 15.9 Å². The highest BCUT2D eigenvalue weighted by molar-refractivity contribution is 9.09. The molecular weight excluding hydrogens is 354 g/mol. The number of alkyl halides is 4. The van der Waals surface area contributed by atoms with Gasteiger partial charge in [0, 0.05) is 11.4 Å². The molecule has 0 aliphatic heterocycles. The summed E-state index contributed by atoms with van der Waals surface area (Å²) < 4.78 is 51.7. The summed E-state index contributed by atoms with van der Waals surface area (Å²) in [5, 5.41) is 2.98. The zero-order chi connectivity index (χ0) is 16.2. The fourth-order valence-corrected chi connectivity index (χ4v) is 2.35. The number of halogens is 5. The Bertz CT molecular complexity index is 502. The number of hydrogen-bond acceptors (Lipinski definition) is 1. The average Bonchev–Trinajstić information content (AvgIpc) is 2.35. The highest BCUT2D eigenvalue weighted by Gasteiger charge is 2.35. The molecule has 0 aliphatic rings. The van der Waals surface area contributed by atoms with Crippen LogP contribution < -0.4 is 5.32 Å². The molecule has 0 bridgehead atoms. The van der Waals surface area contributed by atoms with Gasteiger partial charge in [-0.05, 0) is 24.5 Å². The van der Waals surface area contributed by atoms with Gasteiger partial charge < -0.3 is 5.32 Å². The Morgan fingerprint density at radius 2 is 1.95 bits per heavy atom. The summed E-state index contributed by atoms with van der Waals surface area (Å²) in [6.07, 6.45) is -4.19. The average molecular weight is 370 g/mol. The quantitative estimate of drug-likeness (QED) is 0.605. The summed E-state index contributed by atoms with van der Waals surface area (Å²) >= 11 is 3.22. The van der Waals surface area contributed by atoms with Gasteiger partial charge in [-0.1, -0.05) is 35.8 Å². The molecule has 1 atom stereocenters. The molecule has 0 saturated heterocycles. The standard InChI is InChI=1S/C14H16BrF4NO/c1-8(2)6-9(7-15)20-13(21)10-4-3-5-11(12(10)16)14(17,18)19/h3-5,8-9H,6-7H2,1-2H3,(H,20,21). The molecule has 1 amide bonds. The molecule has 118 valence electrons. The molecule has 7 heteroatoms. The van der Waals surface area contributed by atoms with E-state index in [1.165, 1.54) is 0 Å². The summed E-state index contributed by atoms with van der Waals surface area (Å²) in [4.78, 5) is 12.0. The molecule has 0 heterocycles. The minimum atomic E-state index is -4.83. The molecule has 21 heavy (non-hydrogen) atoms. The lowest BCUT2D eigenvalue weighted by atomic mass is 10.0. The van der Waals surface area contributed by atoms with E-state index in [1.807, 2.05) is 13.8 Å². The lowest BCUT2D eigenvalue weighted by molar-refractivity contribution is -0.140. The number of carbonyl (C=O) groups excluding carboxylic acids is 1. The number of rotatable bonds is 5. The Morgan fingerprint density at radius 1 is 1.33 bits per heavy atom. The molecule has 0 radical (unpaired) electrons. The van der Waals surface area contributed by atoms with Crippen LogP contribution in [0.2, 0.25) is 0 Å². The molecule has 2 nitrogen and oxygen atoms in total. The predicted octanol–water partition coefficient (Wildman–Crippen LogP) is 4.38. The smallest absolute Gasteiger partial charge is 0.348 e. The molecule has 1 rings (SSSR count). The van der Waals surface area contributed by atoms with Crippen LogP contribution in [0.4, 0.5) is 17.6 Å². The summed E-state index contributed by atoms with van der Waals surface area (Å²) in [5.74, 6) is -2.09. The first kappa shape index (κ1) is 17.9. The number of carbonyl (C=O) groups is 1. The van der Waals surface area contributed by atoms with Crippen molar-refractivity contribution in [1.82, 2.24) is 5.32 Å². The highest BCUT2D eigenvalue weighted by Crippen LogP contribution is 2.32. The molecule has 0 fully saturated rings. The van der Waals surface area contributed by atoms with E-state index in [2.05, 4.69) is 21.2 Å². The van der Waals surface area contributed by atoms with Gasteiger partial charge in [0.05, 0.1) is 11.1 Å². The number of nitrogens with one attached hydrogen (secondary N) is 1. The third-order valence-electron chi connectivity index (χ3n) is 2.83. The van der Waals surface area contributed by atoms with E-state index < -0.39 is 29.0 Å². The predicted molar refractivity (Wildman–Crippen MR) is 75.9 cm³/mol. The van der Waals surface area contributed by atoms with Gasteiger partial charge >= 0.3 is 6.18 Å². The van der Waals surface area contributed by atoms with Crippen LogP contribution in [0.3, 0.4) is 0 Å². The van der Waals surface area contributed by atoms with Crippen LogP contribution in [0, 0.1) is 11.7 Å². The van der Waals surface area contributed by atoms with Crippen LogP contribution in [0.1, 0.15) is 36.2 Å². The Kier molecular flexibility index (Phi) is 6.19. The second-order valence-corrected chi connectivity index (χ2v) is 5.77. The minimum Gasteiger partial charge on any atom is -0.348 e. The zero-order valence-corrected chi connectivity index (χ0v) is 13.2. The zero-order valence-electron chi connectivity index (χ0n) is 11.6. The minimum absolute atomic E-state index is 0.272. The SMILES string of the molecule is CC(C)CC(CBr)NC(=O)c1cccc(C(F)(F)F)c1F. The van der Waals surface area contributed by atoms with Crippen LogP contribution in [0.5, 0.6) is 0 Å². The van der Waals surface area contributed by atoms with E-state index in [-0.39, 0.29) is 6.04 Å². The molecule has 0 aliphatic carbocycles. The van der Waals surface area contributed by atoms with Crippen molar-refractivity contribution in [3.63, 3.8) is 0 Å². The number of benzene rings is 1. The monoisotopic (exact) mass is 369 g/mol. The Labute approximate surface area is 129 Å². The van der Waals surface area contributed by atoms with Gasteiger partial charge in [-0.3, -0.25) is 4.79 Å². The lowest BCUT2D eigenvalue weighted by Crippen LogP contribution is -2.37. The topological polar surface area (TPSA) is 29.1 Å². The molecule has 0 spiro atoms. The van der Waals surface area contributed by atoms with E-state index in [9.17, 15) is 22.4 Å². The first-order valence-electron chi connectivity index (χ1n) is 6.39. The molecule has 1 N–H and O–H groups in total. The number of amides is 1. The molecule has 0 saturated carbocycles. The third kappa shape index (κ3) is 4.98. The maximum absolute atomic E-state index is 13.8. The normalized spacial score (nSPS) is 13.3. The van der Waals surface area contributed by atoms with Crippen molar-refractivity contribution < 1.29 is 22.4 Å². The van der Waals surface area contributed by atoms with Gasteiger partial charge in [-0.15, -0.1) is 0 Å². The van der Waals surface area contributed by atoms with Crippen molar-refractivity contribution in [1.29, 1.82) is 0 Å². The maximum Gasteiger partial charge on any atom is 0.419 e. The summed E-state index contributed by atoms with van der Waals surface area (Å²) in [6.45, 7) is 3.90. The van der Waals surface area contributed by atoms with E-state index in [4.69, 9.17) is 0 Å². The molecule has 1 aromatic rings. The van der Waals surface area contributed by atoms with Crippen molar-refractivity contribution in [2.45, 2.75) is 32.5 Å². The van der Waals surface area contributed by atoms with Crippen molar-refractivity contribution in [3.05, 3.63) is 35.1 Å². The van der Waals surface area contributed by atoms with Gasteiger partial charge in [0.1, 0.15) is 5.82 Å². The van der Waals surface area contributed by atoms with Gasteiger partial charge in [0.2, 0.25) is 0 Å². The summed E-state index contributed by atoms with van der Waals surface area (Å²) in [5.41, 5.74) is -2.03. The maximum atomic E-state index is 13.8. The second kappa shape index (κ2) is 7.24. The van der Waals surface area contributed by atoms with E-state index >= 15 is 0 Å². The van der Waals surface area contributed by atoms with E-state index in [0.717, 1.165) is 12.1 Å². The highest BCUT2D eigenvalue weighted by atomic mass is 79.9.